The predicted molar refractivity (Wildman–Crippen MR) is 44.7 cm³/mol. The van der Waals surface area contributed by atoms with Crippen molar-refractivity contribution in [2.24, 2.45) is 0 Å². The molecule has 0 N–H and O–H groups in total. The van der Waals surface area contributed by atoms with E-state index in [2.05, 4.69) is 0 Å². The van der Waals surface area contributed by atoms with Gasteiger partial charge in [0.1, 0.15) is 11.8 Å². The molecule has 0 aromatic heterocycles. The van der Waals surface area contributed by atoms with Gasteiger partial charge in [-0.3, -0.25) is 4.79 Å². The molecule has 1 saturated heterocycles. The zero-order valence-corrected chi connectivity index (χ0v) is 7.64. The molecule has 62 valence electrons. The number of amides is 1. The Kier molecular flexibility index (Phi) is 1.96. The third-order valence-corrected chi connectivity index (χ3v) is 3.64. The molecule has 1 rings (SSSR count). The van der Waals surface area contributed by atoms with Crippen molar-refractivity contribution in [1.82, 2.24) is 4.90 Å². The zero-order valence-electron chi connectivity index (χ0n) is 6.83. The van der Waals surface area contributed by atoms with Gasteiger partial charge in [0.25, 0.3) is 5.24 Å². The van der Waals surface area contributed by atoms with Gasteiger partial charge < -0.3 is 9.69 Å². The maximum absolute atomic E-state index is 11.1. The van der Waals surface area contributed by atoms with E-state index in [1.54, 1.807) is 14.0 Å². The van der Waals surface area contributed by atoms with Gasteiger partial charge in [-0.25, -0.2) is 0 Å². The molecule has 0 spiro atoms. The fourth-order valence-electron chi connectivity index (χ4n) is 0.994. The summed E-state index contributed by atoms with van der Waals surface area (Å²) in [6, 6.07) is 0. The molecule has 3 nitrogen and oxygen atoms in total. The van der Waals surface area contributed by atoms with Crippen molar-refractivity contribution in [2.75, 3.05) is 7.05 Å². The molecule has 0 radical (unpaired) electrons. The van der Waals surface area contributed by atoms with Crippen LogP contribution in [0.25, 0.3) is 0 Å². The normalized spacial score (nSPS) is 37.9. The Hall–Kier alpha value is -0.510. The number of hydrogen-bond acceptors (Lipinski definition) is 3. The monoisotopic (exact) mass is 173 g/mol. The molecule has 2 atom stereocenters. The molecule has 4 heteroatoms. The molecule has 0 aromatic rings. The molecule has 1 aliphatic heterocycles. The third kappa shape index (κ3) is 1.05. The van der Waals surface area contributed by atoms with Crippen LogP contribution in [0.2, 0.25) is 0 Å². The number of hydrogen-bond donors (Lipinski definition) is 0. The Morgan fingerprint density at radius 3 is 2.45 bits per heavy atom. The Balaban J connectivity index is 2.95. The average molecular weight is 173 g/mol. The van der Waals surface area contributed by atoms with E-state index in [0.29, 0.717) is 0 Å². The lowest BCUT2D eigenvalue weighted by atomic mass is 10.00. The van der Waals surface area contributed by atoms with Crippen molar-refractivity contribution in [3.05, 3.63) is 0 Å². The van der Waals surface area contributed by atoms with E-state index in [1.165, 1.54) is 16.7 Å². The number of thioether (sulfide) groups is 1. The van der Waals surface area contributed by atoms with Crippen LogP contribution in [0.4, 0.5) is 4.79 Å². The zero-order chi connectivity index (χ0) is 8.65. The fourth-order valence-corrected chi connectivity index (χ4v) is 2.10. The van der Waals surface area contributed by atoms with Gasteiger partial charge in [0.2, 0.25) is 0 Å². The summed E-state index contributed by atoms with van der Waals surface area (Å²) in [7, 11) is 1.66. The first-order valence-electron chi connectivity index (χ1n) is 3.43. The number of rotatable bonds is 1. The van der Waals surface area contributed by atoms with Crippen LogP contribution < -0.4 is 0 Å². The highest BCUT2D eigenvalue weighted by molar-refractivity contribution is 8.14. The fraction of sp³-hybridized carbons (Fsp3) is 0.714. The maximum Gasteiger partial charge on any atom is 0.282 e. The lowest BCUT2D eigenvalue weighted by molar-refractivity contribution is -0.115. The van der Waals surface area contributed by atoms with E-state index in [4.69, 9.17) is 0 Å². The largest absolute Gasteiger partial charge is 0.323 e. The second-order valence-electron chi connectivity index (χ2n) is 2.93. The molecular weight excluding hydrogens is 162 g/mol. The Labute approximate surface area is 70.1 Å². The van der Waals surface area contributed by atoms with Crippen LogP contribution in [-0.4, -0.2) is 34.3 Å². The van der Waals surface area contributed by atoms with Crippen molar-refractivity contribution < 1.29 is 9.59 Å². The van der Waals surface area contributed by atoms with E-state index in [0.717, 1.165) is 6.29 Å². The molecule has 0 aromatic carbocycles. The topological polar surface area (TPSA) is 37.4 Å². The molecular formula is C7H11NO2S. The van der Waals surface area contributed by atoms with E-state index in [-0.39, 0.29) is 10.5 Å². The summed E-state index contributed by atoms with van der Waals surface area (Å²) >= 11 is 1.22. The third-order valence-electron chi connectivity index (χ3n) is 2.34. The van der Waals surface area contributed by atoms with Crippen LogP contribution in [0, 0.1) is 0 Å². The summed E-state index contributed by atoms with van der Waals surface area (Å²) < 4.78 is 0. The number of carbonyl (C=O) groups is 2. The quantitative estimate of drug-likeness (QED) is 0.558. The van der Waals surface area contributed by atoms with Gasteiger partial charge in [-0.2, -0.15) is 0 Å². The minimum atomic E-state index is -0.609. The number of carbonyl (C=O) groups excluding carboxylic acids is 2. The van der Waals surface area contributed by atoms with Crippen LogP contribution in [0.3, 0.4) is 0 Å². The van der Waals surface area contributed by atoms with E-state index in [1.807, 2.05) is 6.92 Å². The summed E-state index contributed by atoms with van der Waals surface area (Å²) in [4.78, 5) is 23.3. The van der Waals surface area contributed by atoms with Crippen LogP contribution in [0.15, 0.2) is 0 Å². The van der Waals surface area contributed by atoms with Gasteiger partial charge in [-0.15, -0.1) is 0 Å². The summed E-state index contributed by atoms with van der Waals surface area (Å²) in [5.41, 5.74) is -0.609. The van der Waals surface area contributed by atoms with Gasteiger partial charge >= 0.3 is 0 Å². The summed E-state index contributed by atoms with van der Waals surface area (Å²) in [5, 5.41) is 0.0320. The first-order valence-corrected chi connectivity index (χ1v) is 4.31. The Morgan fingerprint density at radius 2 is 2.27 bits per heavy atom. The van der Waals surface area contributed by atoms with Crippen LogP contribution in [0.1, 0.15) is 13.8 Å². The summed E-state index contributed by atoms with van der Waals surface area (Å²) in [5.74, 6) is 0. The smallest absolute Gasteiger partial charge is 0.282 e. The SMILES string of the molecule is CC1SC(=O)N(C)C1(C)C=O. The Bertz CT molecular complexity index is 207. The molecule has 1 heterocycles. The molecule has 0 saturated carbocycles. The Morgan fingerprint density at radius 1 is 1.73 bits per heavy atom. The molecule has 1 fully saturated rings. The van der Waals surface area contributed by atoms with Gasteiger partial charge in [-0.05, 0) is 6.92 Å². The van der Waals surface area contributed by atoms with Gasteiger partial charge in [0.15, 0.2) is 0 Å². The van der Waals surface area contributed by atoms with E-state index < -0.39 is 5.54 Å². The van der Waals surface area contributed by atoms with E-state index in [9.17, 15) is 9.59 Å². The molecule has 1 aliphatic rings. The highest BCUT2D eigenvalue weighted by Gasteiger charge is 2.45. The number of likely N-dealkylation sites (N-methyl/N-ethyl adjacent to an activating group) is 1. The van der Waals surface area contributed by atoms with Crippen molar-refractivity contribution in [3.63, 3.8) is 0 Å². The first-order chi connectivity index (χ1) is 5.02. The predicted octanol–water partition coefficient (Wildman–Crippen LogP) is 1.13. The average Bonchev–Trinajstić information content (AvgIpc) is 2.16. The van der Waals surface area contributed by atoms with Crippen molar-refractivity contribution in [1.29, 1.82) is 0 Å². The van der Waals surface area contributed by atoms with Crippen LogP contribution in [-0.2, 0) is 4.79 Å². The number of aldehydes is 1. The molecule has 0 aliphatic carbocycles. The van der Waals surface area contributed by atoms with Crippen molar-refractivity contribution in [2.45, 2.75) is 24.6 Å². The van der Waals surface area contributed by atoms with Gasteiger partial charge in [0.05, 0.1) is 0 Å². The molecule has 0 bridgehead atoms. The van der Waals surface area contributed by atoms with Gasteiger partial charge in [0, 0.05) is 12.3 Å². The lowest BCUT2D eigenvalue weighted by Gasteiger charge is -2.27. The van der Waals surface area contributed by atoms with E-state index >= 15 is 0 Å². The molecule has 11 heavy (non-hydrogen) atoms. The lowest BCUT2D eigenvalue weighted by Crippen LogP contribution is -2.46. The second-order valence-corrected chi connectivity index (χ2v) is 4.22. The van der Waals surface area contributed by atoms with Crippen LogP contribution in [0.5, 0.6) is 0 Å². The molecule has 2 unspecified atom stereocenters. The minimum absolute atomic E-state index is 0.0212. The second kappa shape index (κ2) is 2.52. The maximum atomic E-state index is 11.1. The highest BCUT2D eigenvalue weighted by atomic mass is 32.2. The standard InChI is InChI=1S/C7H11NO2S/c1-5-7(2,4-9)8(3)6(10)11-5/h4-5H,1-3H3. The van der Waals surface area contributed by atoms with Crippen LogP contribution >= 0.6 is 11.8 Å². The summed E-state index contributed by atoms with van der Waals surface area (Å²) in [6.45, 7) is 3.67. The van der Waals surface area contributed by atoms with Crippen molar-refractivity contribution >= 4 is 23.3 Å². The summed E-state index contributed by atoms with van der Waals surface area (Å²) in [6.07, 6.45) is 0.843. The van der Waals surface area contributed by atoms with Crippen molar-refractivity contribution in [3.8, 4) is 0 Å². The minimum Gasteiger partial charge on any atom is -0.323 e. The first kappa shape index (κ1) is 8.59. The molecule has 1 amide bonds. The van der Waals surface area contributed by atoms with Gasteiger partial charge in [-0.1, -0.05) is 18.7 Å². The highest BCUT2D eigenvalue weighted by Crippen LogP contribution is 2.36. The number of nitrogens with zero attached hydrogens (tertiary/aromatic N) is 1.